The van der Waals surface area contributed by atoms with E-state index in [-0.39, 0.29) is 25.0 Å². The molecule has 6 heteroatoms. The van der Waals surface area contributed by atoms with Crippen LogP contribution in [0.4, 0.5) is 0 Å². The van der Waals surface area contributed by atoms with E-state index in [1.54, 1.807) is 23.9 Å². The van der Waals surface area contributed by atoms with E-state index in [4.69, 9.17) is 4.74 Å². The van der Waals surface area contributed by atoms with Gasteiger partial charge in [0, 0.05) is 17.2 Å². The van der Waals surface area contributed by atoms with E-state index in [0.717, 1.165) is 10.6 Å². The molecule has 0 bridgehead atoms. The molecule has 126 valence electrons. The van der Waals surface area contributed by atoms with Crippen molar-refractivity contribution in [3.05, 3.63) is 60.7 Å². The van der Waals surface area contributed by atoms with Gasteiger partial charge < -0.3 is 15.4 Å². The molecule has 0 aromatic heterocycles. The molecule has 0 aliphatic rings. The Kier molecular flexibility index (Phi) is 7.70. The fraction of sp³-hybridized carbons (Fsp3) is 0.222. The number of ether oxygens (including phenoxy) is 1. The highest BCUT2D eigenvalue weighted by molar-refractivity contribution is 7.99. The number of carbonyl (C=O) groups is 2. The summed E-state index contributed by atoms with van der Waals surface area (Å²) in [7, 11) is 0. The van der Waals surface area contributed by atoms with Gasteiger partial charge in [0.2, 0.25) is 5.91 Å². The number of rotatable bonds is 9. The third-order valence-electron chi connectivity index (χ3n) is 3.00. The zero-order valence-electron chi connectivity index (χ0n) is 13.2. The van der Waals surface area contributed by atoms with Crippen molar-refractivity contribution in [3.8, 4) is 5.75 Å². The van der Waals surface area contributed by atoms with Crippen molar-refractivity contribution in [2.24, 2.45) is 0 Å². The summed E-state index contributed by atoms with van der Waals surface area (Å²) in [5, 5.41) is 5.30. The SMILES string of the molecule is O=C(CNC(=O)COc1ccccc1)NCCSc1ccccc1. The van der Waals surface area contributed by atoms with E-state index in [9.17, 15) is 9.59 Å². The first-order valence-corrected chi connectivity index (χ1v) is 8.62. The second-order valence-corrected chi connectivity index (χ2v) is 6.06. The van der Waals surface area contributed by atoms with Crippen molar-refractivity contribution in [2.45, 2.75) is 4.90 Å². The Morgan fingerprint density at radius 2 is 1.54 bits per heavy atom. The van der Waals surface area contributed by atoms with Gasteiger partial charge in [0.05, 0.1) is 6.54 Å². The standard InChI is InChI=1S/C18H20N2O3S/c21-17(19-11-12-24-16-9-5-2-6-10-16)13-20-18(22)14-23-15-7-3-1-4-8-15/h1-10H,11-14H2,(H,19,21)(H,20,22). The average Bonchev–Trinajstić information content (AvgIpc) is 2.63. The lowest BCUT2D eigenvalue weighted by Crippen LogP contribution is -2.39. The first kappa shape index (κ1) is 17.9. The molecule has 2 amide bonds. The van der Waals surface area contributed by atoms with Gasteiger partial charge in [-0.2, -0.15) is 0 Å². The highest BCUT2D eigenvalue weighted by Crippen LogP contribution is 2.15. The van der Waals surface area contributed by atoms with E-state index in [1.807, 2.05) is 48.5 Å². The lowest BCUT2D eigenvalue weighted by Gasteiger charge is -2.08. The van der Waals surface area contributed by atoms with Crippen LogP contribution in [0, 0.1) is 0 Å². The molecule has 2 aromatic carbocycles. The molecule has 0 aliphatic carbocycles. The van der Waals surface area contributed by atoms with E-state index in [2.05, 4.69) is 10.6 Å². The van der Waals surface area contributed by atoms with Crippen molar-refractivity contribution in [3.63, 3.8) is 0 Å². The molecule has 0 spiro atoms. The second kappa shape index (κ2) is 10.3. The van der Waals surface area contributed by atoms with E-state index in [0.29, 0.717) is 12.3 Å². The van der Waals surface area contributed by atoms with Crippen LogP contribution in [0.25, 0.3) is 0 Å². The van der Waals surface area contributed by atoms with Crippen LogP contribution in [-0.2, 0) is 9.59 Å². The molecule has 0 aliphatic heterocycles. The van der Waals surface area contributed by atoms with Gasteiger partial charge in [-0.3, -0.25) is 9.59 Å². The van der Waals surface area contributed by atoms with Crippen LogP contribution in [0.2, 0.25) is 0 Å². The molecule has 0 atom stereocenters. The second-order valence-electron chi connectivity index (χ2n) is 4.89. The third kappa shape index (κ3) is 7.19. The fourth-order valence-corrected chi connectivity index (χ4v) is 2.62. The Balaban J connectivity index is 1.53. The van der Waals surface area contributed by atoms with Crippen molar-refractivity contribution in [1.29, 1.82) is 0 Å². The lowest BCUT2D eigenvalue weighted by molar-refractivity contribution is -0.127. The summed E-state index contributed by atoms with van der Waals surface area (Å²) in [4.78, 5) is 24.4. The number of hydrogen-bond acceptors (Lipinski definition) is 4. The maximum Gasteiger partial charge on any atom is 0.258 e. The van der Waals surface area contributed by atoms with Crippen molar-refractivity contribution < 1.29 is 14.3 Å². The largest absolute Gasteiger partial charge is 0.484 e. The molecule has 2 aromatic rings. The number of hydrogen-bond donors (Lipinski definition) is 2. The molecule has 0 radical (unpaired) electrons. The predicted octanol–water partition coefficient (Wildman–Crippen LogP) is 2.09. The number of para-hydroxylation sites is 1. The summed E-state index contributed by atoms with van der Waals surface area (Å²) in [5.41, 5.74) is 0. The van der Waals surface area contributed by atoms with Crippen molar-refractivity contribution in [1.82, 2.24) is 10.6 Å². The zero-order chi connectivity index (χ0) is 17.0. The monoisotopic (exact) mass is 344 g/mol. The minimum Gasteiger partial charge on any atom is -0.484 e. The number of nitrogens with one attached hydrogen (secondary N) is 2. The number of benzene rings is 2. The smallest absolute Gasteiger partial charge is 0.258 e. The van der Waals surface area contributed by atoms with Gasteiger partial charge in [-0.25, -0.2) is 0 Å². The molecule has 0 heterocycles. The average molecular weight is 344 g/mol. The normalized spacial score (nSPS) is 10.0. The molecular formula is C18H20N2O3S. The summed E-state index contributed by atoms with van der Waals surface area (Å²) < 4.78 is 5.30. The summed E-state index contributed by atoms with van der Waals surface area (Å²) in [5.74, 6) is 0.861. The Hall–Kier alpha value is -2.47. The van der Waals surface area contributed by atoms with Gasteiger partial charge >= 0.3 is 0 Å². The minimum absolute atomic E-state index is 0.0486. The summed E-state index contributed by atoms with van der Waals surface area (Å²) in [6.45, 7) is 0.392. The first-order valence-electron chi connectivity index (χ1n) is 7.63. The van der Waals surface area contributed by atoms with Crippen LogP contribution in [0.15, 0.2) is 65.6 Å². The maximum absolute atomic E-state index is 11.7. The molecule has 0 saturated carbocycles. The van der Waals surface area contributed by atoms with Crippen LogP contribution in [0.1, 0.15) is 0 Å². The van der Waals surface area contributed by atoms with Crippen LogP contribution in [0.3, 0.4) is 0 Å². The first-order chi connectivity index (χ1) is 11.7. The number of thioether (sulfide) groups is 1. The van der Waals surface area contributed by atoms with Gasteiger partial charge in [-0.1, -0.05) is 36.4 Å². The van der Waals surface area contributed by atoms with E-state index in [1.165, 1.54) is 0 Å². The zero-order valence-corrected chi connectivity index (χ0v) is 14.1. The van der Waals surface area contributed by atoms with Gasteiger partial charge in [-0.15, -0.1) is 11.8 Å². The van der Waals surface area contributed by atoms with Crippen LogP contribution < -0.4 is 15.4 Å². The molecule has 5 nitrogen and oxygen atoms in total. The predicted molar refractivity (Wildman–Crippen MR) is 95.1 cm³/mol. The highest BCUT2D eigenvalue weighted by Gasteiger charge is 2.06. The summed E-state index contributed by atoms with van der Waals surface area (Å²) in [6.07, 6.45) is 0. The molecule has 2 N–H and O–H groups in total. The Bertz CT molecular complexity index is 635. The molecule has 24 heavy (non-hydrogen) atoms. The molecule has 0 saturated heterocycles. The third-order valence-corrected chi connectivity index (χ3v) is 4.01. The molecule has 0 unspecified atom stereocenters. The Labute approximate surface area is 145 Å². The molecule has 0 fully saturated rings. The quantitative estimate of drug-likeness (QED) is 0.540. The fourth-order valence-electron chi connectivity index (χ4n) is 1.83. The van der Waals surface area contributed by atoms with Gasteiger partial charge in [0.15, 0.2) is 6.61 Å². The lowest BCUT2D eigenvalue weighted by atomic mass is 10.3. The Morgan fingerprint density at radius 1 is 0.875 bits per heavy atom. The summed E-state index contributed by atoms with van der Waals surface area (Å²) in [6, 6.07) is 19.0. The van der Waals surface area contributed by atoms with E-state index >= 15 is 0 Å². The van der Waals surface area contributed by atoms with Crippen LogP contribution in [0.5, 0.6) is 5.75 Å². The maximum atomic E-state index is 11.7. The van der Waals surface area contributed by atoms with Gasteiger partial charge in [0.25, 0.3) is 5.91 Å². The summed E-state index contributed by atoms with van der Waals surface area (Å²) >= 11 is 1.67. The minimum atomic E-state index is -0.326. The number of amides is 2. The van der Waals surface area contributed by atoms with Crippen molar-refractivity contribution >= 4 is 23.6 Å². The Morgan fingerprint density at radius 3 is 2.25 bits per heavy atom. The van der Waals surface area contributed by atoms with Crippen molar-refractivity contribution in [2.75, 3.05) is 25.4 Å². The van der Waals surface area contributed by atoms with E-state index < -0.39 is 0 Å². The topological polar surface area (TPSA) is 67.4 Å². The van der Waals surface area contributed by atoms with Crippen LogP contribution >= 0.6 is 11.8 Å². The highest BCUT2D eigenvalue weighted by atomic mass is 32.2. The molecular weight excluding hydrogens is 324 g/mol. The number of carbonyl (C=O) groups excluding carboxylic acids is 2. The van der Waals surface area contributed by atoms with Gasteiger partial charge in [0.1, 0.15) is 5.75 Å². The molecule has 2 rings (SSSR count). The van der Waals surface area contributed by atoms with Crippen LogP contribution in [-0.4, -0.2) is 37.3 Å². The van der Waals surface area contributed by atoms with Gasteiger partial charge in [-0.05, 0) is 24.3 Å².